The predicted molar refractivity (Wildman–Crippen MR) is 62.5 cm³/mol. The summed E-state index contributed by atoms with van der Waals surface area (Å²) in [5.41, 5.74) is 0.551. The maximum absolute atomic E-state index is 13.4. The molecule has 1 aromatic heterocycles. The van der Waals surface area contributed by atoms with Crippen molar-refractivity contribution in [1.29, 1.82) is 0 Å². The lowest BCUT2D eigenvalue weighted by Gasteiger charge is -2.12. The molecule has 2 rings (SSSR count). The Labute approximate surface area is 99.2 Å². The van der Waals surface area contributed by atoms with Crippen LogP contribution in [0, 0.1) is 0 Å². The van der Waals surface area contributed by atoms with E-state index in [0.717, 1.165) is 0 Å². The van der Waals surface area contributed by atoms with Gasteiger partial charge >= 0.3 is 10.2 Å². The quantitative estimate of drug-likeness (QED) is 0.787. The summed E-state index contributed by atoms with van der Waals surface area (Å²) in [4.78, 5) is 3.90. The molecule has 1 aromatic carbocycles. The van der Waals surface area contributed by atoms with Gasteiger partial charge in [-0.05, 0) is 17.7 Å². The lowest BCUT2D eigenvalue weighted by Crippen LogP contribution is -2.11. The molecule has 0 saturated heterocycles. The Morgan fingerprint density at radius 1 is 1.00 bits per heavy atom. The molecule has 0 aliphatic rings. The average molecular weight is 251 g/mol. The van der Waals surface area contributed by atoms with Crippen LogP contribution in [-0.4, -0.2) is 13.4 Å². The number of nitrogens with zero attached hydrogens (tertiary/aromatic N) is 1. The molecule has 2 aromatic rings. The summed E-state index contributed by atoms with van der Waals surface area (Å²) < 4.78 is 35.8. The number of benzene rings is 1. The molecule has 0 saturated carbocycles. The van der Waals surface area contributed by atoms with Crippen LogP contribution in [0.5, 0.6) is 0 Å². The molecule has 1 unspecified atom stereocenters. The summed E-state index contributed by atoms with van der Waals surface area (Å²) in [5, 5.41) is -1.36. The molecule has 88 valence electrons. The summed E-state index contributed by atoms with van der Waals surface area (Å²) in [7, 11) is -4.73. The summed E-state index contributed by atoms with van der Waals surface area (Å²) >= 11 is 0. The van der Waals surface area contributed by atoms with E-state index in [1.165, 1.54) is 12.3 Å². The van der Waals surface area contributed by atoms with E-state index in [-0.39, 0.29) is 5.69 Å². The maximum Gasteiger partial charge on any atom is 0.315 e. The maximum atomic E-state index is 13.4. The van der Waals surface area contributed by atoms with Crippen molar-refractivity contribution in [3.8, 4) is 0 Å². The number of halogens is 1. The van der Waals surface area contributed by atoms with E-state index >= 15 is 0 Å². The monoisotopic (exact) mass is 251 g/mol. The predicted octanol–water partition coefficient (Wildman–Crippen LogP) is 2.47. The van der Waals surface area contributed by atoms with Crippen molar-refractivity contribution in [3.63, 3.8) is 0 Å². The zero-order valence-electron chi connectivity index (χ0n) is 8.82. The molecule has 1 heterocycles. The number of aromatic nitrogens is 1. The first-order chi connectivity index (χ1) is 8.09. The van der Waals surface area contributed by atoms with E-state index < -0.39 is 15.5 Å². The molecule has 3 nitrogen and oxygen atoms in total. The molecule has 1 atom stereocenters. The highest BCUT2D eigenvalue weighted by molar-refractivity contribution is 7.86. The Bertz CT molecular complexity index is 545. The molecule has 0 bridgehead atoms. The summed E-state index contributed by atoms with van der Waals surface area (Å²) in [6.45, 7) is 0. The molecular weight excluding hydrogens is 241 g/mol. The molecule has 0 amide bonds. The van der Waals surface area contributed by atoms with Crippen LogP contribution in [-0.2, 0) is 10.2 Å². The van der Waals surface area contributed by atoms with Gasteiger partial charge in [-0.1, -0.05) is 36.4 Å². The average Bonchev–Trinajstić information content (AvgIpc) is 2.30. The van der Waals surface area contributed by atoms with Gasteiger partial charge in [-0.3, -0.25) is 4.98 Å². The fourth-order valence-corrected chi connectivity index (χ4v) is 2.55. The van der Waals surface area contributed by atoms with E-state index in [1.54, 1.807) is 42.5 Å². The van der Waals surface area contributed by atoms with Crippen LogP contribution in [0.2, 0.25) is 0 Å². The van der Waals surface area contributed by atoms with Crippen LogP contribution in [0.4, 0.5) is 3.89 Å². The Kier molecular flexibility index (Phi) is 3.19. The number of hydrogen-bond acceptors (Lipinski definition) is 3. The van der Waals surface area contributed by atoms with E-state index in [1.807, 2.05) is 0 Å². The second kappa shape index (κ2) is 4.63. The topological polar surface area (TPSA) is 47.0 Å². The summed E-state index contributed by atoms with van der Waals surface area (Å²) in [6.07, 6.45) is 1.44. The molecule has 0 spiro atoms. The largest absolute Gasteiger partial charge is 0.315 e. The number of pyridine rings is 1. The normalized spacial score (nSPS) is 13.2. The molecule has 0 aliphatic heterocycles. The van der Waals surface area contributed by atoms with Crippen LogP contribution in [0.15, 0.2) is 54.7 Å². The van der Waals surface area contributed by atoms with E-state index in [4.69, 9.17) is 0 Å². The van der Waals surface area contributed by atoms with Crippen molar-refractivity contribution >= 4 is 10.2 Å². The summed E-state index contributed by atoms with van der Waals surface area (Å²) in [5.74, 6) is 0. The van der Waals surface area contributed by atoms with Crippen molar-refractivity contribution in [2.45, 2.75) is 5.25 Å². The molecule has 5 heteroatoms. The standard InChI is InChI=1S/C12H10FNO2S/c13-17(15,16)12(10-6-2-1-3-7-10)11-8-4-5-9-14-11/h1-9,12H. The van der Waals surface area contributed by atoms with Gasteiger partial charge in [0.05, 0.1) is 5.69 Å². The van der Waals surface area contributed by atoms with Crippen molar-refractivity contribution in [2.75, 3.05) is 0 Å². The van der Waals surface area contributed by atoms with Gasteiger partial charge in [0.2, 0.25) is 0 Å². The second-order valence-corrected chi connectivity index (χ2v) is 4.94. The van der Waals surface area contributed by atoms with Crippen LogP contribution < -0.4 is 0 Å². The molecule has 0 aliphatic carbocycles. The second-order valence-electron chi connectivity index (χ2n) is 3.52. The smallest absolute Gasteiger partial charge is 0.259 e. The SMILES string of the molecule is O=S(=O)(F)C(c1ccccc1)c1ccccn1. The minimum Gasteiger partial charge on any atom is -0.259 e. The van der Waals surface area contributed by atoms with Gasteiger partial charge in [-0.25, -0.2) is 0 Å². The van der Waals surface area contributed by atoms with Gasteiger partial charge in [0, 0.05) is 6.20 Å². The van der Waals surface area contributed by atoms with Gasteiger partial charge in [0.25, 0.3) is 0 Å². The van der Waals surface area contributed by atoms with Crippen molar-refractivity contribution < 1.29 is 12.3 Å². The van der Waals surface area contributed by atoms with Crippen LogP contribution in [0.25, 0.3) is 0 Å². The van der Waals surface area contributed by atoms with Crippen LogP contribution >= 0.6 is 0 Å². The first-order valence-corrected chi connectivity index (χ1v) is 6.43. The zero-order valence-corrected chi connectivity index (χ0v) is 9.64. The van der Waals surface area contributed by atoms with Crippen LogP contribution in [0.1, 0.15) is 16.5 Å². The van der Waals surface area contributed by atoms with Crippen molar-refractivity contribution in [2.24, 2.45) is 0 Å². The molecular formula is C12H10FNO2S. The lowest BCUT2D eigenvalue weighted by molar-refractivity contribution is 0.542. The van der Waals surface area contributed by atoms with E-state index in [9.17, 15) is 12.3 Å². The minimum atomic E-state index is -4.73. The Morgan fingerprint density at radius 2 is 1.65 bits per heavy atom. The van der Waals surface area contributed by atoms with Gasteiger partial charge in [-0.15, -0.1) is 3.89 Å². The third kappa shape index (κ3) is 2.68. The highest BCUT2D eigenvalue weighted by Gasteiger charge is 2.29. The van der Waals surface area contributed by atoms with Crippen molar-refractivity contribution in [3.05, 3.63) is 66.0 Å². The lowest BCUT2D eigenvalue weighted by atomic mass is 10.1. The minimum absolute atomic E-state index is 0.182. The fourth-order valence-electron chi connectivity index (χ4n) is 1.64. The Balaban J connectivity index is 2.56. The van der Waals surface area contributed by atoms with E-state index in [2.05, 4.69) is 4.98 Å². The molecule has 0 N–H and O–H groups in total. The first-order valence-electron chi connectivity index (χ1n) is 4.98. The van der Waals surface area contributed by atoms with Gasteiger partial charge in [0.15, 0.2) is 5.25 Å². The van der Waals surface area contributed by atoms with Gasteiger partial charge in [0.1, 0.15) is 0 Å². The fraction of sp³-hybridized carbons (Fsp3) is 0.0833. The number of rotatable bonds is 3. The zero-order chi connectivity index (χ0) is 12.3. The highest BCUT2D eigenvalue weighted by Crippen LogP contribution is 2.29. The third-order valence-electron chi connectivity index (χ3n) is 2.34. The van der Waals surface area contributed by atoms with Gasteiger partial charge in [-0.2, -0.15) is 8.42 Å². The third-order valence-corrected chi connectivity index (χ3v) is 3.42. The molecule has 0 radical (unpaired) electrons. The highest BCUT2D eigenvalue weighted by atomic mass is 32.3. The Morgan fingerprint density at radius 3 is 2.18 bits per heavy atom. The summed E-state index contributed by atoms with van der Waals surface area (Å²) in [6, 6.07) is 13.0. The van der Waals surface area contributed by atoms with Crippen molar-refractivity contribution in [1.82, 2.24) is 4.98 Å². The van der Waals surface area contributed by atoms with Gasteiger partial charge < -0.3 is 0 Å². The first kappa shape index (κ1) is 11.7. The molecule has 17 heavy (non-hydrogen) atoms. The molecule has 0 fully saturated rings. The Hall–Kier alpha value is -1.75. The van der Waals surface area contributed by atoms with E-state index in [0.29, 0.717) is 5.56 Å². The number of hydrogen-bond donors (Lipinski definition) is 0. The van der Waals surface area contributed by atoms with Crippen LogP contribution in [0.3, 0.4) is 0 Å².